The highest BCUT2D eigenvalue weighted by atomic mass is 35.5. The number of rotatable bonds is 4. The Bertz CT molecular complexity index is 478. The van der Waals surface area contributed by atoms with E-state index in [9.17, 15) is 4.39 Å². The van der Waals surface area contributed by atoms with Gasteiger partial charge < -0.3 is 10.1 Å². The minimum atomic E-state index is -0.242. The second kappa shape index (κ2) is 9.67. The number of piperazine rings is 1. The topological polar surface area (TPSA) is 24.5 Å². The van der Waals surface area contributed by atoms with Gasteiger partial charge >= 0.3 is 0 Å². The molecule has 0 spiro atoms. The third-order valence-corrected chi connectivity index (χ3v) is 4.91. The summed E-state index contributed by atoms with van der Waals surface area (Å²) in [6.45, 7) is 4.09. The van der Waals surface area contributed by atoms with E-state index in [2.05, 4.69) is 10.2 Å². The van der Waals surface area contributed by atoms with Gasteiger partial charge in [-0.1, -0.05) is 25.0 Å². The van der Waals surface area contributed by atoms with Gasteiger partial charge in [0, 0.05) is 37.8 Å². The first-order valence-corrected chi connectivity index (χ1v) is 8.08. The van der Waals surface area contributed by atoms with E-state index >= 15 is 0 Å². The fraction of sp³-hybridized carbons (Fsp3) is 0.647. The predicted molar refractivity (Wildman–Crippen MR) is 96.6 cm³/mol. The lowest BCUT2D eigenvalue weighted by Crippen LogP contribution is -2.46. The van der Waals surface area contributed by atoms with Crippen LogP contribution >= 0.6 is 24.8 Å². The van der Waals surface area contributed by atoms with Crippen molar-refractivity contribution in [1.82, 2.24) is 10.2 Å². The second-order valence-corrected chi connectivity index (χ2v) is 6.14. The molecule has 1 atom stereocenters. The zero-order chi connectivity index (χ0) is 14.7. The van der Waals surface area contributed by atoms with Gasteiger partial charge in [-0.25, -0.2) is 4.39 Å². The van der Waals surface area contributed by atoms with Crippen LogP contribution in [-0.4, -0.2) is 38.2 Å². The maximum atomic E-state index is 14.1. The summed E-state index contributed by atoms with van der Waals surface area (Å²) in [5.74, 6) is 0.819. The van der Waals surface area contributed by atoms with Crippen molar-refractivity contribution in [2.24, 2.45) is 5.92 Å². The number of halogens is 3. The molecule has 0 amide bonds. The molecular weight excluding hydrogens is 338 g/mol. The van der Waals surface area contributed by atoms with Crippen molar-refractivity contribution in [1.29, 1.82) is 0 Å². The maximum Gasteiger partial charge on any atom is 0.165 e. The number of methoxy groups -OCH3 is 1. The fourth-order valence-electron chi connectivity index (χ4n) is 3.96. The molecule has 2 aliphatic rings. The molecule has 2 fully saturated rings. The van der Waals surface area contributed by atoms with E-state index in [1.165, 1.54) is 31.7 Å². The lowest BCUT2D eigenvalue weighted by Gasteiger charge is -2.39. The van der Waals surface area contributed by atoms with Gasteiger partial charge in [-0.15, -0.1) is 24.8 Å². The number of ether oxygens (including phenoxy) is 1. The second-order valence-electron chi connectivity index (χ2n) is 6.14. The molecule has 0 bridgehead atoms. The third-order valence-electron chi connectivity index (χ3n) is 4.91. The van der Waals surface area contributed by atoms with Crippen molar-refractivity contribution < 1.29 is 9.13 Å². The third kappa shape index (κ3) is 4.50. The van der Waals surface area contributed by atoms with Crippen LogP contribution in [0.15, 0.2) is 18.2 Å². The zero-order valence-corrected chi connectivity index (χ0v) is 15.2. The summed E-state index contributed by atoms with van der Waals surface area (Å²) in [6, 6.07) is 5.65. The molecule has 1 heterocycles. The van der Waals surface area contributed by atoms with Gasteiger partial charge in [0.15, 0.2) is 11.6 Å². The van der Waals surface area contributed by atoms with E-state index in [0.717, 1.165) is 31.7 Å². The van der Waals surface area contributed by atoms with Crippen LogP contribution in [0.25, 0.3) is 0 Å². The monoisotopic (exact) mass is 364 g/mol. The van der Waals surface area contributed by atoms with E-state index in [-0.39, 0.29) is 30.6 Å². The highest BCUT2D eigenvalue weighted by Gasteiger charge is 2.34. The molecule has 3 nitrogen and oxygen atoms in total. The molecule has 23 heavy (non-hydrogen) atoms. The van der Waals surface area contributed by atoms with Crippen LogP contribution in [-0.2, 0) is 0 Å². The number of hydrogen-bond donors (Lipinski definition) is 1. The SMILES string of the molecule is COc1c(F)cccc1[C@H](C1CCCC1)N1CCNCC1.Cl.Cl. The molecule has 0 unspecified atom stereocenters. The van der Waals surface area contributed by atoms with Crippen molar-refractivity contribution in [2.45, 2.75) is 31.7 Å². The molecule has 1 aromatic carbocycles. The summed E-state index contributed by atoms with van der Waals surface area (Å²) in [6.07, 6.45) is 5.08. The largest absolute Gasteiger partial charge is 0.493 e. The van der Waals surface area contributed by atoms with Crippen LogP contribution in [0, 0.1) is 11.7 Å². The molecule has 1 aliphatic carbocycles. The van der Waals surface area contributed by atoms with Crippen molar-refractivity contribution in [3.05, 3.63) is 29.6 Å². The standard InChI is InChI=1S/C17H25FN2O.2ClH/c1-21-17-14(7-4-8-15(17)18)16(13-5-2-3-6-13)20-11-9-19-10-12-20;;/h4,7-8,13,16,19H,2-3,5-6,9-12H2,1H3;2*1H/t16-;;/m0../s1. The Labute approximate surface area is 150 Å². The average Bonchev–Trinajstić information content (AvgIpc) is 3.03. The first-order valence-electron chi connectivity index (χ1n) is 8.08. The van der Waals surface area contributed by atoms with E-state index in [1.807, 2.05) is 12.1 Å². The van der Waals surface area contributed by atoms with Gasteiger partial charge in [-0.2, -0.15) is 0 Å². The molecule has 1 N–H and O–H groups in total. The number of nitrogens with zero attached hydrogens (tertiary/aromatic N) is 1. The first kappa shape index (κ1) is 20.5. The molecule has 1 aromatic rings. The number of benzene rings is 1. The van der Waals surface area contributed by atoms with Crippen LogP contribution in [0.1, 0.15) is 37.3 Å². The van der Waals surface area contributed by atoms with Crippen LogP contribution < -0.4 is 10.1 Å². The Hall–Kier alpha value is -0.550. The Kier molecular flexibility index (Phi) is 8.62. The highest BCUT2D eigenvalue weighted by molar-refractivity contribution is 5.85. The summed E-state index contributed by atoms with van der Waals surface area (Å²) >= 11 is 0. The molecule has 1 aliphatic heterocycles. The Morgan fingerprint density at radius 1 is 1.17 bits per heavy atom. The smallest absolute Gasteiger partial charge is 0.165 e. The van der Waals surface area contributed by atoms with Gasteiger partial charge in [-0.3, -0.25) is 4.90 Å². The fourth-order valence-corrected chi connectivity index (χ4v) is 3.96. The van der Waals surface area contributed by atoms with Gasteiger partial charge in [0.1, 0.15) is 0 Å². The number of nitrogens with one attached hydrogen (secondary N) is 1. The normalized spacial score (nSPS) is 20.4. The van der Waals surface area contributed by atoms with Gasteiger partial charge in [0.2, 0.25) is 0 Å². The summed E-state index contributed by atoms with van der Waals surface area (Å²) in [5.41, 5.74) is 1.03. The van der Waals surface area contributed by atoms with Crippen LogP contribution in [0.3, 0.4) is 0 Å². The predicted octanol–water partition coefficient (Wildman–Crippen LogP) is 3.81. The zero-order valence-electron chi connectivity index (χ0n) is 13.6. The summed E-state index contributed by atoms with van der Waals surface area (Å²) in [5, 5.41) is 3.40. The molecule has 132 valence electrons. The number of para-hydroxylation sites is 1. The molecule has 1 saturated carbocycles. The number of hydrogen-bond acceptors (Lipinski definition) is 3. The van der Waals surface area contributed by atoms with E-state index < -0.39 is 0 Å². The van der Waals surface area contributed by atoms with Crippen LogP contribution in [0.4, 0.5) is 4.39 Å². The van der Waals surface area contributed by atoms with E-state index in [4.69, 9.17) is 4.74 Å². The quantitative estimate of drug-likeness (QED) is 0.878. The molecule has 6 heteroatoms. The van der Waals surface area contributed by atoms with Crippen molar-refractivity contribution >= 4 is 24.8 Å². The van der Waals surface area contributed by atoms with E-state index in [0.29, 0.717) is 17.7 Å². The highest BCUT2D eigenvalue weighted by Crippen LogP contribution is 2.43. The van der Waals surface area contributed by atoms with Crippen LogP contribution in [0.2, 0.25) is 0 Å². The minimum absolute atomic E-state index is 0. The summed E-state index contributed by atoms with van der Waals surface area (Å²) in [7, 11) is 1.57. The van der Waals surface area contributed by atoms with Crippen LogP contribution in [0.5, 0.6) is 5.75 Å². The minimum Gasteiger partial charge on any atom is -0.493 e. The molecule has 0 radical (unpaired) electrons. The molecule has 0 aromatic heterocycles. The molecule has 3 rings (SSSR count). The van der Waals surface area contributed by atoms with Gasteiger partial charge in [0.25, 0.3) is 0 Å². The van der Waals surface area contributed by atoms with Crippen molar-refractivity contribution in [3.63, 3.8) is 0 Å². The first-order chi connectivity index (χ1) is 10.3. The Morgan fingerprint density at radius 2 is 1.83 bits per heavy atom. The lowest BCUT2D eigenvalue weighted by atomic mass is 9.89. The molecular formula is C17H27Cl2FN2O. The van der Waals surface area contributed by atoms with Gasteiger partial charge in [0.05, 0.1) is 7.11 Å². The Morgan fingerprint density at radius 3 is 2.43 bits per heavy atom. The molecule has 1 saturated heterocycles. The van der Waals surface area contributed by atoms with Gasteiger partial charge in [-0.05, 0) is 24.8 Å². The Balaban J connectivity index is 0.00000132. The van der Waals surface area contributed by atoms with Crippen molar-refractivity contribution in [3.8, 4) is 5.75 Å². The maximum absolute atomic E-state index is 14.1. The lowest BCUT2D eigenvalue weighted by molar-refractivity contribution is 0.122. The summed E-state index contributed by atoms with van der Waals surface area (Å²) in [4.78, 5) is 2.52. The van der Waals surface area contributed by atoms with E-state index in [1.54, 1.807) is 7.11 Å². The summed E-state index contributed by atoms with van der Waals surface area (Å²) < 4.78 is 19.5. The average molecular weight is 365 g/mol. The van der Waals surface area contributed by atoms with Crippen molar-refractivity contribution in [2.75, 3.05) is 33.3 Å².